The van der Waals surface area contributed by atoms with Gasteiger partial charge in [0.25, 0.3) is 0 Å². The van der Waals surface area contributed by atoms with Gasteiger partial charge in [-0.3, -0.25) is 0 Å². The Labute approximate surface area is 165 Å². The molecule has 0 saturated carbocycles. The van der Waals surface area contributed by atoms with Crippen molar-refractivity contribution in [2.75, 3.05) is 26.3 Å². The van der Waals surface area contributed by atoms with E-state index in [0.717, 1.165) is 24.3 Å². The van der Waals surface area contributed by atoms with Crippen molar-refractivity contribution >= 4 is 27.6 Å². The minimum absolute atomic E-state index is 0.0527. The van der Waals surface area contributed by atoms with Gasteiger partial charge in [0.1, 0.15) is 18.2 Å². The molecule has 0 bridgehead atoms. The second-order valence-electron chi connectivity index (χ2n) is 5.93. The molecule has 0 atom stereocenters. The summed E-state index contributed by atoms with van der Waals surface area (Å²) < 4.78 is 64.5. The van der Waals surface area contributed by atoms with Gasteiger partial charge in [0.15, 0.2) is 0 Å². The van der Waals surface area contributed by atoms with Crippen molar-refractivity contribution in [1.82, 2.24) is 4.31 Å². The Kier molecular flexibility index (Phi) is 6.29. The number of halogens is 3. The van der Waals surface area contributed by atoms with Gasteiger partial charge in [-0.05, 0) is 30.3 Å². The van der Waals surface area contributed by atoms with Crippen molar-refractivity contribution in [2.24, 2.45) is 0 Å². The monoisotopic (exact) mass is 431 g/mol. The van der Waals surface area contributed by atoms with Crippen LogP contribution in [0.2, 0.25) is 5.02 Å². The number of hydrogen-bond acceptors (Lipinski definition) is 5. The zero-order valence-corrected chi connectivity index (χ0v) is 16.1. The van der Waals surface area contributed by atoms with E-state index in [-0.39, 0.29) is 41.8 Å². The summed E-state index contributed by atoms with van der Waals surface area (Å²) in [5.41, 5.74) is -0.628. The van der Waals surface area contributed by atoms with E-state index in [0.29, 0.717) is 0 Å². The lowest BCUT2D eigenvalue weighted by molar-refractivity contribution is 0.0463. The third-order valence-corrected chi connectivity index (χ3v) is 6.42. The molecule has 1 heterocycles. The lowest BCUT2D eigenvalue weighted by Crippen LogP contribution is -2.40. The van der Waals surface area contributed by atoms with Gasteiger partial charge in [0.05, 0.1) is 28.7 Å². The van der Waals surface area contributed by atoms with Crippen molar-refractivity contribution in [3.05, 3.63) is 64.2 Å². The van der Waals surface area contributed by atoms with Gasteiger partial charge in [-0.15, -0.1) is 0 Å². The van der Waals surface area contributed by atoms with Crippen LogP contribution in [0.15, 0.2) is 41.3 Å². The number of ether oxygens (including phenoxy) is 2. The molecule has 0 amide bonds. The molecule has 2 aromatic carbocycles. The molecule has 2 aromatic rings. The van der Waals surface area contributed by atoms with Crippen LogP contribution in [0.25, 0.3) is 0 Å². The van der Waals surface area contributed by atoms with Crippen LogP contribution in [-0.4, -0.2) is 45.0 Å². The number of carbonyl (C=O) groups is 1. The summed E-state index contributed by atoms with van der Waals surface area (Å²) in [6.07, 6.45) is 0. The van der Waals surface area contributed by atoms with Crippen LogP contribution in [0.1, 0.15) is 15.9 Å². The Morgan fingerprint density at radius 1 is 1.14 bits per heavy atom. The molecule has 28 heavy (non-hydrogen) atoms. The molecule has 0 radical (unpaired) electrons. The molecular formula is C18H16ClF2NO5S. The number of sulfonamides is 1. The molecule has 0 N–H and O–H groups in total. The van der Waals surface area contributed by atoms with Gasteiger partial charge < -0.3 is 9.47 Å². The van der Waals surface area contributed by atoms with Crippen molar-refractivity contribution in [1.29, 1.82) is 0 Å². The van der Waals surface area contributed by atoms with E-state index in [9.17, 15) is 22.0 Å². The predicted molar refractivity (Wildman–Crippen MR) is 96.5 cm³/mol. The second-order valence-corrected chi connectivity index (χ2v) is 8.28. The maximum Gasteiger partial charge on any atom is 0.341 e. The number of esters is 1. The van der Waals surface area contributed by atoms with Gasteiger partial charge in [-0.25, -0.2) is 22.0 Å². The molecule has 1 fully saturated rings. The van der Waals surface area contributed by atoms with E-state index in [4.69, 9.17) is 21.1 Å². The highest BCUT2D eigenvalue weighted by molar-refractivity contribution is 7.89. The van der Waals surface area contributed by atoms with E-state index in [1.807, 2.05) is 0 Å². The number of morpholine rings is 1. The molecule has 1 aliphatic rings. The van der Waals surface area contributed by atoms with Crippen LogP contribution < -0.4 is 0 Å². The summed E-state index contributed by atoms with van der Waals surface area (Å²) in [7, 11) is -3.92. The maximum absolute atomic E-state index is 14.1. The summed E-state index contributed by atoms with van der Waals surface area (Å²) >= 11 is 5.86. The maximum atomic E-state index is 14.1. The first-order chi connectivity index (χ1) is 13.3. The Hall–Kier alpha value is -2.07. The highest BCUT2D eigenvalue weighted by Gasteiger charge is 2.28. The molecule has 1 saturated heterocycles. The SMILES string of the molecule is O=C(OCc1c(F)cccc1Cl)c1cc(S(=O)(=O)N2CCOCC2)ccc1F. The van der Waals surface area contributed by atoms with Crippen molar-refractivity contribution in [3.8, 4) is 0 Å². The standard InChI is InChI=1S/C18H16ClF2NO5S/c19-15-2-1-3-16(20)14(15)11-27-18(23)13-10-12(4-5-17(13)21)28(24,25)22-6-8-26-9-7-22/h1-5,10H,6-9,11H2. The van der Waals surface area contributed by atoms with Gasteiger partial charge in [-0.1, -0.05) is 17.7 Å². The molecule has 10 heteroatoms. The topological polar surface area (TPSA) is 72.9 Å². The first-order valence-electron chi connectivity index (χ1n) is 8.28. The van der Waals surface area contributed by atoms with Gasteiger partial charge in [0, 0.05) is 18.7 Å². The molecule has 150 valence electrons. The highest BCUT2D eigenvalue weighted by atomic mass is 35.5. The third-order valence-electron chi connectivity index (χ3n) is 4.17. The number of carbonyl (C=O) groups excluding carboxylic acids is 1. The van der Waals surface area contributed by atoms with Crippen LogP contribution in [0.3, 0.4) is 0 Å². The smallest absolute Gasteiger partial charge is 0.341 e. The summed E-state index contributed by atoms with van der Waals surface area (Å²) in [5, 5.41) is 0.0527. The van der Waals surface area contributed by atoms with E-state index < -0.39 is 39.8 Å². The summed E-state index contributed by atoms with van der Waals surface area (Å²) in [5.74, 6) is -2.76. The third kappa shape index (κ3) is 4.33. The molecule has 0 aliphatic carbocycles. The molecule has 1 aliphatic heterocycles. The average Bonchev–Trinajstić information content (AvgIpc) is 2.68. The molecule has 0 aromatic heterocycles. The van der Waals surface area contributed by atoms with E-state index >= 15 is 0 Å². The quantitative estimate of drug-likeness (QED) is 0.680. The number of rotatable bonds is 5. The lowest BCUT2D eigenvalue weighted by Gasteiger charge is -2.26. The Morgan fingerprint density at radius 2 is 1.86 bits per heavy atom. The first-order valence-corrected chi connectivity index (χ1v) is 10.1. The van der Waals surface area contributed by atoms with Crippen LogP contribution in [0.5, 0.6) is 0 Å². The highest BCUT2D eigenvalue weighted by Crippen LogP contribution is 2.23. The fourth-order valence-corrected chi connectivity index (χ4v) is 4.30. The number of hydrogen-bond donors (Lipinski definition) is 0. The van der Waals surface area contributed by atoms with Crippen LogP contribution in [0.4, 0.5) is 8.78 Å². The molecule has 0 unspecified atom stereocenters. The number of nitrogens with zero attached hydrogens (tertiary/aromatic N) is 1. The molecular weight excluding hydrogens is 416 g/mol. The van der Waals surface area contributed by atoms with E-state index in [1.54, 1.807) is 0 Å². The molecule has 0 spiro atoms. The minimum Gasteiger partial charge on any atom is -0.457 e. The largest absolute Gasteiger partial charge is 0.457 e. The van der Waals surface area contributed by atoms with Gasteiger partial charge >= 0.3 is 5.97 Å². The van der Waals surface area contributed by atoms with Crippen molar-refractivity contribution in [2.45, 2.75) is 11.5 Å². The fourth-order valence-electron chi connectivity index (χ4n) is 2.64. The fraction of sp³-hybridized carbons (Fsp3) is 0.278. The van der Waals surface area contributed by atoms with Gasteiger partial charge in [-0.2, -0.15) is 4.31 Å². The molecule has 3 rings (SSSR count). The summed E-state index contributed by atoms with van der Waals surface area (Å²) in [6, 6.07) is 6.81. The zero-order chi connectivity index (χ0) is 20.3. The van der Waals surface area contributed by atoms with E-state index in [2.05, 4.69) is 0 Å². The van der Waals surface area contributed by atoms with Crippen LogP contribution >= 0.6 is 11.6 Å². The normalized spacial score (nSPS) is 15.4. The van der Waals surface area contributed by atoms with E-state index in [1.165, 1.54) is 16.4 Å². The number of benzene rings is 2. The Balaban J connectivity index is 1.82. The predicted octanol–water partition coefficient (Wildman–Crippen LogP) is 3.00. The average molecular weight is 432 g/mol. The lowest BCUT2D eigenvalue weighted by atomic mass is 10.2. The zero-order valence-electron chi connectivity index (χ0n) is 14.5. The van der Waals surface area contributed by atoms with Crippen LogP contribution in [-0.2, 0) is 26.1 Å². The Morgan fingerprint density at radius 3 is 2.54 bits per heavy atom. The summed E-state index contributed by atoms with van der Waals surface area (Å²) in [6.45, 7) is 0.290. The van der Waals surface area contributed by atoms with Crippen LogP contribution in [0, 0.1) is 11.6 Å². The van der Waals surface area contributed by atoms with Crippen molar-refractivity contribution in [3.63, 3.8) is 0 Å². The summed E-state index contributed by atoms with van der Waals surface area (Å²) in [4.78, 5) is 12.0. The van der Waals surface area contributed by atoms with Gasteiger partial charge in [0.2, 0.25) is 10.0 Å². The van der Waals surface area contributed by atoms with Crippen molar-refractivity contribution < 1.29 is 31.5 Å². The second kappa shape index (κ2) is 8.52. The minimum atomic E-state index is -3.92. The Bertz CT molecular complexity index is 973. The molecule has 6 nitrogen and oxygen atoms in total. The first kappa shape index (κ1) is 20.7.